The van der Waals surface area contributed by atoms with Crippen molar-refractivity contribution < 1.29 is 4.79 Å². The lowest BCUT2D eigenvalue weighted by molar-refractivity contribution is -0.112. The summed E-state index contributed by atoms with van der Waals surface area (Å²) in [5.41, 5.74) is 0. The Morgan fingerprint density at radius 3 is 2.45 bits per heavy atom. The lowest BCUT2D eigenvalue weighted by atomic mass is 10.0. The van der Waals surface area contributed by atoms with Crippen LogP contribution in [0.4, 0.5) is 0 Å². The van der Waals surface area contributed by atoms with E-state index in [9.17, 15) is 4.79 Å². The van der Waals surface area contributed by atoms with Crippen LogP contribution in [0.5, 0.6) is 0 Å². The van der Waals surface area contributed by atoms with Gasteiger partial charge in [-0.05, 0) is 11.6 Å². The lowest BCUT2D eigenvalue weighted by Crippen LogP contribution is -2.36. The minimum Gasteiger partial charge on any atom is -0.279 e. The van der Waals surface area contributed by atoms with Crippen molar-refractivity contribution in [1.29, 1.82) is 0 Å². The lowest BCUT2D eigenvalue weighted by Gasteiger charge is -2.23. The molecule has 1 nitrogen and oxygen atoms in total. The monoisotopic (exact) mass is 210 g/mol. The Kier molecular flexibility index (Phi) is 2.63. The minimum atomic E-state index is -1.27. The maximum atomic E-state index is 10.8. The Balaban J connectivity index is 2.94. The van der Waals surface area contributed by atoms with Gasteiger partial charge in [0.1, 0.15) is 0 Å². The molecule has 0 saturated carbocycles. The molecular weight excluding hydrogens is 206 g/mol. The van der Waals surface area contributed by atoms with Crippen molar-refractivity contribution >= 4 is 40.0 Å². The second-order valence-corrected chi connectivity index (χ2v) is 3.63. The molecule has 0 fully saturated rings. The molecule has 4 heteroatoms. The van der Waals surface area contributed by atoms with Gasteiger partial charge >= 0.3 is 0 Å². The molecule has 0 spiro atoms. The summed E-state index contributed by atoms with van der Waals surface area (Å²) in [5, 5.41) is -1.22. The summed E-state index contributed by atoms with van der Waals surface area (Å²) in [7, 11) is 0. The number of carbonyl (C=O) groups excluding carboxylic acids is 1. The Hall–Kier alpha value is 0.0200. The molecule has 0 bridgehead atoms. The molecule has 0 aromatic carbocycles. The number of allylic oxidation sites excluding steroid dienone is 4. The van der Waals surface area contributed by atoms with Gasteiger partial charge in [0.15, 0.2) is 4.87 Å². The summed E-state index contributed by atoms with van der Waals surface area (Å²) in [6.45, 7) is 0. The summed E-state index contributed by atoms with van der Waals surface area (Å²) < 4.78 is 0. The summed E-state index contributed by atoms with van der Waals surface area (Å²) in [5.74, 6) is 0. The van der Waals surface area contributed by atoms with Crippen LogP contribution in [0.25, 0.3) is 0 Å². The summed E-state index contributed by atoms with van der Waals surface area (Å²) in [6, 6.07) is 0. The second kappa shape index (κ2) is 3.18. The molecule has 1 aliphatic carbocycles. The van der Waals surface area contributed by atoms with E-state index in [1.165, 1.54) is 6.08 Å². The van der Waals surface area contributed by atoms with Crippen molar-refractivity contribution in [1.82, 2.24) is 0 Å². The highest BCUT2D eigenvalue weighted by Crippen LogP contribution is 2.32. The molecule has 0 aliphatic heterocycles. The minimum absolute atomic E-state index is 0.570. The van der Waals surface area contributed by atoms with E-state index in [4.69, 9.17) is 34.8 Å². The number of carbonyl (C=O) groups is 1. The molecule has 60 valence electrons. The van der Waals surface area contributed by atoms with Crippen molar-refractivity contribution in [3.05, 3.63) is 24.3 Å². The van der Waals surface area contributed by atoms with Crippen LogP contribution < -0.4 is 0 Å². The summed E-state index contributed by atoms with van der Waals surface area (Å²) in [4.78, 5) is 9.53. The number of hydrogen-bond donors (Lipinski definition) is 0. The van der Waals surface area contributed by atoms with Gasteiger partial charge < -0.3 is 0 Å². The molecule has 0 aromatic rings. The van der Waals surface area contributed by atoms with Crippen LogP contribution in [0.2, 0.25) is 0 Å². The fourth-order valence-electron chi connectivity index (χ4n) is 0.763. The van der Waals surface area contributed by atoms with Crippen molar-refractivity contribution in [2.75, 3.05) is 0 Å². The molecule has 0 amide bonds. The van der Waals surface area contributed by atoms with Gasteiger partial charge in [0.05, 0.1) is 5.38 Å². The van der Waals surface area contributed by atoms with Crippen molar-refractivity contribution in [3.8, 4) is 0 Å². The first-order valence-electron chi connectivity index (χ1n) is 2.96. The first kappa shape index (κ1) is 9.11. The van der Waals surface area contributed by atoms with E-state index in [-0.39, 0.29) is 0 Å². The van der Waals surface area contributed by atoms with E-state index in [0.717, 1.165) is 0 Å². The zero-order chi connectivity index (χ0) is 8.48. The van der Waals surface area contributed by atoms with Gasteiger partial charge in [0.2, 0.25) is 5.24 Å². The number of hydrogen-bond acceptors (Lipinski definition) is 1. The van der Waals surface area contributed by atoms with Crippen LogP contribution in [0.1, 0.15) is 0 Å². The number of halogens is 3. The van der Waals surface area contributed by atoms with Crippen LogP contribution in [0.3, 0.4) is 0 Å². The Labute approximate surface area is 79.6 Å². The van der Waals surface area contributed by atoms with E-state index in [2.05, 4.69) is 0 Å². The second-order valence-electron chi connectivity index (χ2n) is 2.19. The van der Waals surface area contributed by atoms with Crippen molar-refractivity contribution in [2.24, 2.45) is 0 Å². The zero-order valence-corrected chi connectivity index (χ0v) is 7.70. The standard InChI is InChI=1S/C7H5Cl3O/c8-5-3-1-2-4-7(5,10)6(9)11/h1-5H. The molecule has 0 radical (unpaired) electrons. The molecule has 0 aromatic heterocycles. The molecule has 2 atom stereocenters. The molecular formula is C7H5Cl3O. The van der Waals surface area contributed by atoms with Gasteiger partial charge in [-0.2, -0.15) is 0 Å². The molecule has 1 rings (SSSR count). The first-order valence-corrected chi connectivity index (χ1v) is 4.15. The van der Waals surface area contributed by atoms with Crippen LogP contribution in [0, 0.1) is 0 Å². The number of rotatable bonds is 1. The topological polar surface area (TPSA) is 17.1 Å². The SMILES string of the molecule is O=C(Cl)C1(Cl)C=CC=CC1Cl. The molecule has 2 unspecified atom stereocenters. The number of alkyl halides is 2. The smallest absolute Gasteiger partial charge is 0.248 e. The Bertz CT molecular complexity index is 234. The highest BCUT2D eigenvalue weighted by Gasteiger charge is 2.39. The fraction of sp³-hybridized carbons (Fsp3) is 0.286. The maximum absolute atomic E-state index is 10.8. The highest BCUT2D eigenvalue weighted by atomic mass is 35.5. The maximum Gasteiger partial charge on any atom is 0.248 e. The summed E-state index contributed by atoms with van der Waals surface area (Å²) >= 11 is 16.8. The van der Waals surface area contributed by atoms with E-state index in [1.807, 2.05) is 0 Å². The van der Waals surface area contributed by atoms with E-state index in [0.29, 0.717) is 0 Å². The summed E-state index contributed by atoms with van der Waals surface area (Å²) in [6.07, 6.45) is 6.47. The van der Waals surface area contributed by atoms with Gasteiger partial charge in [-0.25, -0.2) is 0 Å². The van der Waals surface area contributed by atoms with Gasteiger partial charge in [-0.1, -0.05) is 24.3 Å². The average Bonchev–Trinajstić information content (AvgIpc) is 1.95. The predicted molar refractivity (Wildman–Crippen MR) is 47.4 cm³/mol. The van der Waals surface area contributed by atoms with Crippen LogP contribution in [-0.4, -0.2) is 15.5 Å². The van der Waals surface area contributed by atoms with Crippen LogP contribution in [-0.2, 0) is 4.79 Å². The van der Waals surface area contributed by atoms with E-state index < -0.39 is 15.5 Å². The van der Waals surface area contributed by atoms with Crippen molar-refractivity contribution in [2.45, 2.75) is 10.3 Å². The quantitative estimate of drug-likeness (QED) is 0.481. The normalized spacial score (nSPS) is 35.7. The van der Waals surface area contributed by atoms with Crippen molar-refractivity contribution in [3.63, 3.8) is 0 Å². The van der Waals surface area contributed by atoms with Crippen LogP contribution in [0.15, 0.2) is 24.3 Å². The average molecular weight is 211 g/mol. The van der Waals surface area contributed by atoms with Gasteiger partial charge in [-0.3, -0.25) is 4.79 Å². The third-order valence-corrected chi connectivity index (χ3v) is 2.98. The van der Waals surface area contributed by atoms with E-state index in [1.54, 1.807) is 18.2 Å². The Morgan fingerprint density at radius 2 is 2.09 bits per heavy atom. The van der Waals surface area contributed by atoms with E-state index >= 15 is 0 Å². The molecule has 0 saturated heterocycles. The zero-order valence-electron chi connectivity index (χ0n) is 5.43. The molecule has 1 aliphatic rings. The van der Waals surface area contributed by atoms with Gasteiger partial charge in [-0.15, -0.1) is 23.2 Å². The fourth-order valence-corrected chi connectivity index (χ4v) is 1.40. The predicted octanol–water partition coefficient (Wildman–Crippen LogP) is 2.46. The first-order chi connectivity index (χ1) is 5.07. The Morgan fingerprint density at radius 1 is 1.45 bits per heavy atom. The third-order valence-electron chi connectivity index (χ3n) is 1.43. The largest absolute Gasteiger partial charge is 0.279 e. The molecule has 0 N–H and O–H groups in total. The van der Waals surface area contributed by atoms with Gasteiger partial charge in [0.25, 0.3) is 0 Å². The highest BCUT2D eigenvalue weighted by molar-refractivity contribution is 6.72. The molecule has 11 heavy (non-hydrogen) atoms. The molecule has 0 heterocycles. The third kappa shape index (κ3) is 1.61. The van der Waals surface area contributed by atoms with Crippen LogP contribution >= 0.6 is 34.8 Å². The van der Waals surface area contributed by atoms with Gasteiger partial charge in [0, 0.05) is 0 Å².